The van der Waals surface area contributed by atoms with E-state index < -0.39 is 15.2 Å². The Labute approximate surface area is 221 Å². The van der Waals surface area contributed by atoms with Crippen molar-refractivity contribution in [2.75, 3.05) is 13.7 Å². The number of nitrogens with zero attached hydrogens (tertiary/aromatic N) is 2. The van der Waals surface area contributed by atoms with Gasteiger partial charge in [0.25, 0.3) is 0 Å². The number of benzene rings is 2. The minimum atomic E-state index is -4.12. The molecule has 198 valence electrons. The molecule has 11 heteroatoms. The predicted octanol–water partition coefficient (Wildman–Crippen LogP) is 4.32. The molecule has 0 saturated heterocycles. The van der Waals surface area contributed by atoms with Gasteiger partial charge in [-0.05, 0) is 23.6 Å². The molecule has 2 aromatic carbocycles. The molecule has 38 heavy (non-hydrogen) atoms. The Morgan fingerprint density at radius 1 is 0.737 bits per heavy atom. The van der Waals surface area contributed by atoms with E-state index in [2.05, 4.69) is 0 Å². The van der Waals surface area contributed by atoms with Gasteiger partial charge in [0, 0.05) is 48.0 Å². The summed E-state index contributed by atoms with van der Waals surface area (Å²) in [5.74, 6) is 0.664. The Morgan fingerprint density at radius 2 is 1.26 bits per heavy atom. The van der Waals surface area contributed by atoms with Crippen molar-refractivity contribution in [1.82, 2.24) is 0 Å². The van der Waals surface area contributed by atoms with Gasteiger partial charge >= 0.3 is 15.2 Å². The van der Waals surface area contributed by atoms with Crippen LogP contribution in [-0.4, -0.2) is 28.4 Å². The summed E-state index contributed by atoms with van der Waals surface area (Å²) in [6.45, 7) is 1.88. The number of hydrogen-bond acceptors (Lipinski definition) is 4. The van der Waals surface area contributed by atoms with E-state index in [0.717, 1.165) is 28.1 Å². The van der Waals surface area contributed by atoms with E-state index in [1.807, 2.05) is 76.4 Å². The Balaban J connectivity index is 1.51. The second-order valence-electron chi connectivity index (χ2n) is 8.70. The lowest BCUT2D eigenvalue weighted by Gasteiger charge is -2.10. The number of ether oxygens (including phenoxy) is 1. The molecule has 2 heterocycles. The minimum absolute atomic E-state index is 0.0317. The van der Waals surface area contributed by atoms with Gasteiger partial charge < -0.3 is 23.9 Å². The zero-order chi connectivity index (χ0) is 27.3. The fourth-order valence-corrected chi connectivity index (χ4v) is 5.93. The smallest absolute Gasteiger partial charge is 0.332 e. The molecular weight excluding hydrogens is 526 g/mol. The monoisotopic (exact) mass is 556 g/mol. The molecule has 0 fully saturated rings. The zero-order valence-corrected chi connectivity index (χ0v) is 22.8. The molecule has 0 spiro atoms. The second kappa shape index (κ2) is 11.7. The van der Waals surface area contributed by atoms with Crippen LogP contribution in [0.2, 0.25) is 0 Å². The maximum atomic E-state index is 12.0. The van der Waals surface area contributed by atoms with E-state index >= 15 is 0 Å². The van der Waals surface area contributed by atoms with Crippen LogP contribution in [0.3, 0.4) is 0 Å². The fraction of sp³-hybridized carbons (Fsp3) is 0.185. The first-order valence-corrected chi connectivity index (χ1v) is 15.4. The van der Waals surface area contributed by atoms with E-state index in [-0.39, 0.29) is 18.9 Å². The molecular formula is C27H30N2O7P2+2. The Hall–Kier alpha value is -3.16. The summed E-state index contributed by atoms with van der Waals surface area (Å²) in [4.78, 5) is 28.2. The molecule has 0 aliphatic carbocycles. The number of hydrogen-bond donors (Lipinski definition) is 3. The zero-order valence-electron chi connectivity index (χ0n) is 21.0. The van der Waals surface area contributed by atoms with Crippen molar-refractivity contribution in [2.24, 2.45) is 0 Å². The summed E-state index contributed by atoms with van der Waals surface area (Å²) >= 11 is 0. The van der Waals surface area contributed by atoms with E-state index in [4.69, 9.17) is 9.26 Å². The average Bonchev–Trinajstić information content (AvgIpc) is 2.88. The third-order valence-electron chi connectivity index (χ3n) is 5.85. The highest BCUT2D eigenvalue weighted by Gasteiger charge is 2.20. The number of aromatic nitrogens is 2. The van der Waals surface area contributed by atoms with Gasteiger partial charge in [-0.15, -0.1) is 0 Å². The van der Waals surface area contributed by atoms with E-state index in [1.165, 1.54) is 0 Å². The van der Waals surface area contributed by atoms with E-state index in [1.54, 1.807) is 38.3 Å². The molecule has 0 aliphatic rings. The predicted molar refractivity (Wildman–Crippen MR) is 142 cm³/mol. The van der Waals surface area contributed by atoms with Gasteiger partial charge in [0.1, 0.15) is 0 Å². The highest BCUT2D eigenvalue weighted by atomic mass is 31.2. The van der Waals surface area contributed by atoms with Crippen LogP contribution in [0.1, 0.15) is 18.1 Å². The first-order valence-electron chi connectivity index (χ1n) is 11.9. The van der Waals surface area contributed by atoms with E-state index in [9.17, 15) is 23.8 Å². The molecule has 3 N–H and O–H groups in total. The maximum absolute atomic E-state index is 12.0. The van der Waals surface area contributed by atoms with Gasteiger partial charge in [0.2, 0.25) is 17.6 Å². The number of rotatable bonds is 10. The standard InChI is InChI=1S/C27H28N2O7P2/c1-3-36-38(33,34)20-22-6-8-24(9-7-22)28-15-12-23(13-16-28)26-14-17-29(18-27(26)35-2)25-10-4-21(5-11-25)19-37(30,31)32/h4-18H,3,19-20H2,1-2H3,(H-2,30,31,32,33,34)/p+2. The van der Waals surface area contributed by atoms with Crippen LogP contribution in [0.25, 0.3) is 22.5 Å². The Morgan fingerprint density at radius 3 is 1.79 bits per heavy atom. The minimum Gasteiger partial charge on any atom is -0.490 e. The van der Waals surface area contributed by atoms with Crippen LogP contribution in [0.15, 0.2) is 91.5 Å². The van der Waals surface area contributed by atoms with Gasteiger partial charge in [0.15, 0.2) is 24.3 Å². The molecule has 1 atom stereocenters. The molecule has 4 aromatic rings. The quantitative estimate of drug-likeness (QED) is 0.197. The summed E-state index contributed by atoms with van der Waals surface area (Å²) in [5, 5.41) is 0. The molecule has 0 aliphatic heterocycles. The summed E-state index contributed by atoms with van der Waals surface area (Å²) < 4.78 is 37.7. The number of pyridine rings is 2. The second-order valence-corrected chi connectivity index (χ2v) is 12.2. The van der Waals surface area contributed by atoms with Crippen molar-refractivity contribution in [1.29, 1.82) is 0 Å². The van der Waals surface area contributed by atoms with Crippen LogP contribution in [0.5, 0.6) is 5.75 Å². The van der Waals surface area contributed by atoms with Gasteiger partial charge in [0.05, 0.1) is 26.0 Å². The normalized spacial score (nSPS) is 13.2. The molecule has 9 nitrogen and oxygen atoms in total. The Kier molecular flexibility index (Phi) is 8.58. The van der Waals surface area contributed by atoms with Crippen LogP contribution in [0, 0.1) is 0 Å². The molecule has 4 rings (SSSR count). The van der Waals surface area contributed by atoms with Crippen LogP contribution in [0.4, 0.5) is 0 Å². The fourth-order valence-electron chi connectivity index (χ4n) is 4.08. The largest absolute Gasteiger partial charge is 0.490 e. The SMILES string of the molecule is CCOP(=O)(O)Cc1ccc(-[n+]2ccc(-c3cc[n+](-c4ccc(CP(=O)(O)O)cc4)cc3OC)cc2)cc1. The molecule has 0 bridgehead atoms. The van der Waals surface area contributed by atoms with Crippen molar-refractivity contribution < 1.29 is 42.2 Å². The molecule has 0 radical (unpaired) electrons. The summed E-state index contributed by atoms with van der Waals surface area (Å²) in [7, 11) is -6.14. The third-order valence-corrected chi connectivity index (χ3v) is 8.06. The lowest BCUT2D eigenvalue weighted by Crippen LogP contribution is -2.30. The first-order chi connectivity index (χ1) is 18.1. The Bertz CT molecular complexity index is 1490. The maximum Gasteiger partial charge on any atom is 0.332 e. The average molecular weight is 556 g/mol. The van der Waals surface area contributed by atoms with E-state index in [0.29, 0.717) is 11.3 Å². The lowest BCUT2D eigenvalue weighted by molar-refractivity contribution is -0.596. The molecule has 1 unspecified atom stereocenters. The van der Waals surface area contributed by atoms with Crippen molar-refractivity contribution in [3.05, 3.63) is 103 Å². The van der Waals surface area contributed by atoms with Gasteiger partial charge in [-0.3, -0.25) is 9.13 Å². The lowest BCUT2D eigenvalue weighted by atomic mass is 10.1. The first kappa shape index (κ1) is 27.9. The van der Waals surface area contributed by atoms with Crippen molar-refractivity contribution in [3.8, 4) is 28.3 Å². The molecule has 2 aromatic heterocycles. The summed E-state index contributed by atoms with van der Waals surface area (Å²) in [5.41, 5.74) is 4.89. The molecule has 0 saturated carbocycles. The molecule has 0 amide bonds. The number of methoxy groups -OCH3 is 1. The van der Waals surface area contributed by atoms with Crippen LogP contribution >= 0.6 is 15.2 Å². The topological polar surface area (TPSA) is 121 Å². The van der Waals surface area contributed by atoms with Crippen molar-refractivity contribution in [2.45, 2.75) is 19.2 Å². The van der Waals surface area contributed by atoms with Gasteiger partial charge in [-0.2, -0.15) is 9.13 Å². The van der Waals surface area contributed by atoms with Gasteiger partial charge in [-0.25, -0.2) is 0 Å². The van der Waals surface area contributed by atoms with Crippen molar-refractivity contribution >= 4 is 15.2 Å². The third kappa shape index (κ3) is 7.23. The highest BCUT2D eigenvalue weighted by molar-refractivity contribution is 7.52. The van der Waals surface area contributed by atoms with Crippen LogP contribution < -0.4 is 13.9 Å². The highest BCUT2D eigenvalue weighted by Crippen LogP contribution is 2.45. The van der Waals surface area contributed by atoms with Crippen molar-refractivity contribution in [3.63, 3.8) is 0 Å². The van der Waals surface area contributed by atoms with Crippen LogP contribution in [-0.2, 0) is 26.0 Å². The summed E-state index contributed by atoms with van der Waals surface area (Å²) in [6, 6.07) is 20.3. The summed E-state index contributed by atoms with van der Waals surface area (Å²) in [6.07, 6.45) is 7.30. The van der Waals surface area contributed by atoms with Gasteiger partial charge in [-0.1, -0.05) is 24.3 Å².